The molecule has 25 heavy (non-hydrogen) atoms. The lowest BCUT2D eigenvalue weighted by Crippen LogP contribution is -2.53. The Labute approximate surface area is 147 Å². The maximum Gasteiger partial charge on any atom is 0.243 e. The second-order valence-corrected chi connectivity index (χ2v) is 5.87. The molecule has 8 heteroatoms. The largest absolute Gasteiger partial charge is 0.508 e. The topological polar surface area (TPSA) is 148 Å². The third kappa shape index (κ3) is 7.67. The number of phenolic OH excluding ortho intramolecular Hbond substituents is 1. The van der Waals surface area contributed by atoms with Crippen LogP contribution in [0.2, 0.25) is 0 Å². The average Bonchev–Trinajstić information content (AvgIpc) is 2.54. The fourth-order valence-corrected chi connectivity index (χ4v) is 2.37. The molecule has 0 aliphatic rings. The van der Waals surface area contributed by atoms with Gasteiger partial charge in [0.25, 0.3) is 0 Å². The number of amides is 3. The van der Waals surface area contributed by atoms with E-state index in [1.165, 1.54) is 19.1 Å². The summed E-state index contributed by atoms with van der Waals surface area (Å²) in [6.07, 6.45) is 2.00. The summed E-state index contributed by atoms with van der Waals surface area (Å²) in [5, 5.41) is 14.5. The van der Waals surface area contributed by atoms with Gasteiger partial charge in [0.1, 0.15) is 17.8 Å². The van der Waals surface area contributed by atoms with Crippen molar-refractivity contribution < 1.29 is 19.5 Å². The van der Waals surface area contributed by atoms with Gasteiger partial charge < -0.3 is 27.2 Å². The monoisotopic (exact) mass is 350 g/mol. The lowest BCUT2D eigenvalue weighted by atomic mass is 10.0. The van der Waals surface area contributed by atoms with Crippen molar-refractivity contribution in [1.82, 2.24) is 10.6 Å². The standard InChI is InChI=1S/C17H26N4O4/c1-11(22)20-15(10-12-5-7-13(23)8-6-12)17(25)21-14(16(19)24)4-2-3-9-18/h5-8,14-15,23H,2-4,9-10,18H2,1H3,(H2,19,24)(H,20,22)(H,21,25)/t14-,15-/m0/s1. The van der Waals surface area contributed by atoms with E-state index in [2.05, 4.69) is 10.6 Å². The maximum atomic E-state index is 12.5. The van der Waals surface area contributed by atoms with Gasteiger partial charge in [0.2, 0.25) is 17.7 Å². The summed E-state index contributed by atoms with van der Waals surface area (Å²) in [5.74, 6) is -1.37. The Bertz CT molecular complexity index is 589. The van der Waals surface area contributed by atoms with E-state index >= 15 is 0 Å². The highest BCUT2D eigenvalue weighted by Crippen LogP contribution is 2.12. The van der Waals surface area contributed by atoms with Crippen LogP contribution in [0.1, 0.15) is 31.7 Å². The van der Waals surface area contributed by atoms with Crippen LogP contribution >= 0.6 is 0 Å². The average molecular weight is 350 g/mol. The number of unbranched alkanes of at least 4 members (excludes halogenated alkanes) is 1. The molecule has 0 bridgehead atoms. The predicted molar refractivity (Wildman–Crippen MR) is 93.4 cm³/mol. The van der Waals surface area contributed by atoms with Crippen LogP contribution in [0.25, 0.3) is 0 Å². The second kappa shape index (κ2) is 10.3. The molecule has 1 aromatic rings. The van der Waals surface area contributed by atoms with Gasteiger partial charge in [0.05, 0.1) is 0 Å². The zero-order valence-electron chi connectivity index (χ0n) is 14.3. The van der Waals surface area contributed by atoms with E-state index in [4.69, 9.17) is 11.5 Å². The van der Waals surface area contributed by atoms with Crippen molar-refractivity contribution >= 4 is 17.7 Å². The highest BCUT2D eigenvalue weighted by atomic mass is 16.3. The zero-order valence-corrected chi connectivity index (χ0v) is 14.3. The van der Waals surface area contributed by atoms with E-state index in [0.717, 1.165) is 12.0 Å². The number of nitrogens with one attached hydrogen (secondary N) is 2. The number of carbonyl (C=O) groups is 3. The molecule has 2 atom stereocenters. The minimum atomic E-state index is -0.849. The van der Waals surface area contributed by atoms with E-state index in [9.17, 15) is 19.5 Å². The van der Waals surface area contributed by atoms with Gasteiger partial charge in [-0.05, 0) is 43.5 Å². The Hall–Kier alpha value is -2.61. The number of aromatic hydroxyl groups is 1. The van der Waals surface area contributed by atoms with Crippen molar-refractivity contribution in [3.63, 3.8) is 0 Å². The van der Waals surface area contributed by atoms with Gasteiger partial charge in [0.15, 0.2) is 0 Å². The van der Waals surface area contributed by atoms with Crippen molar-refractivity contribution in [2.45, 2.75) is 44.7 Å². The first kappa shape index (κ1) is 20.4. The molecule has 0 spiro atoms. The van der Waals surface area contributed by atoms with Crippen LogP contribution in [0, 0.1) is 0 Å². The van der Waals surface area contributed by atoms with Gasteiger partial charge in [-0.1, -0.05) is 12.1 Å². The molecule has 8 nitrogen and oxygen atoms in total. The first-order chi connectivity index (χ1) is 11.8. The minimum Gasteiger partial charge on any atom is -0.508 e. The molecule has 0 aliphatic heterocycles. The fraction of sp³-hybridized carbons (Fsp3) is 0.471. The Morgan fingerprint density at radius 1 is 1.08 bits per heavy atom. The number of hydrogen-bond acceptors (Lipinski definition) is 5. The molecule has 7 N–H and O–H groups in total. The molecule has 0 aliphatic carbocycles. The SMILES string of the molecule is CC(=O)N[C@@H](Cc1ccc(O)cc1)C(=O)N[C@@H](CCCCN)C(N)=O. The van der Waals surface area contributed by atoms with E-state index in [1.54, 1.807) is 12.1 Å². The van der Waals surface area contributed by atoms with E-state index < -0.39 is 23.9 Å². The minimum absolute atomic E-state index is 0.109. The van der Waals surface area contributed by atoms with Crippen LogP contribution in [0.5, 0.6) is 5.75 Å². The van der Waals surface area contributed by atoms with Gasteiger partial charge in [-0.25, -0.2) is 0 Å². The van der Waals surface area contributed by atoms with Crippen molar-refractivity contribution in [1.29, 1.82) is 0 Å². The second-order valence-electron chi connectivity index (χ2n) is 5.87. The Morgan fingerprint density at radius 3 is 2.24 bits per heavy atom. The van der Waals surface area contributed by atoms with Gasteiger partial charge in [-0.2, -0.15) is 0 Å². The molecular formula is C17H26N4O4. The van der Waals surface area contributed by atoms with Gasteiger partial charge in [-0.3, -0.25) is 14.4 Å². The lowest BCUT2D eigenvalue weighted by molar-refractivity contribution is -0.130. The molecule has 0 fully saturated rings. The van der Waals surface area contributed by atoms with E-state index in [1.807, 2.05) is 0 Å². The van der Waals surface area contributed by atoms with Crippen LogP contribution in [-0.4, -0.2) is 41.5 Å². The number of carbonyl (C=O) groups excluding carboxylic acids is 3. The summed E-state index contributed by atoms with van der Waals surface area (Å²) in [7, 11) is 0. The van der Waals surface area contributed by atoms with Crippen molar-refractivity contribution in [3.8, 4) is 5.75 Å². The number of hydrogen-bond donors (Lipinski definition) is 5. The summed E-state index contributed by atoms with van der Waals surface area (Å²) < 4.78 is 0. The van der Waals surface area contributed by atoms with Crippen LogP contribution in [0.3, 0.4) is 0 Å². The summed E-state index contributed by atoms with van der Waals surface area (Å²) >= 11 is 0. The molecule has 0 aromatic heterocycles. The lowest BCUT2D eigenvalue weighted by Gasteiger charge is -2.21. The summed E-state index contributed by atoms with van der Waals surface area (Å²) in [6, 6.07) is 4.65. The Kier molecular flexibility index (Phi) is 8.42. The molecule has 3 amide bonds. The molecule has 1 rings (SSSR count). The number of nitrogens with two attached hydrogens (primary N) is 2. The number of benzene rings is 1. The maximum absolute atomic E-state index is 12.5. The molecular weight excluding hydrogens is 324 g/mol. The molecule has 1 aromatic carbocycles. The van der Waals surface area contributed by atoms with Crippen molar-refractivity contribution in [2.24, 2.45) is 11.5 Å². The third-order valence-corrected chi connectivity index (χ3v) is 3.68. The van der Waals surface area contributed by atoms with Crippen LogP contribution in [0.4, 0.5) is 0 Å². The molecule has 138 valence electrons. The van der Waals surface area contributed by atoms with Gasteiger partial charge >= 0.3 is 0 Å². The Morgan fingerprint density at radius 2 is 1.72 bits per heavy atom. The van der Waals surface area contributed by atoms with Gasteiger partial charge in [0, 0.05) is 13.3 Å². The smallest absolute Gasteiger partial charge is 0.243 e. The highest BCUT2D eigenvalue weighted by Gasteiger charge is 2.25. The summed E-state index contributed by atoms with van der Waals surface area (Å²) in [4.78, 5) is 35.4. The predicted octanol–water partition coefficient (Wildman–Crippen LogP) is -0.461. The van der Waals surface area contributed by atoms with Crippen molar-refractivity contribution in [2.75, 3.05) is 6.54 Å². The van der Waals surface area contributed by atoms with Crippen LogP contribution in [-0.2, 0) is 20.8 Å². The Balaban J connectivity index is 2.78. The molecule has 0 heterocycles. The normalized spacial score (nSPS) is 12.9. The third-order valence-electron chi connectivity index (χ3n) is 3.68. The van der Waals surface area contributed by atoms with Gasteiger partial charge in [-0.15, -0.1) is 0 Å². The summed E-state index contributed by atoms with van der Waals surface area (Å²) in [6.45, 7) is 1.80. The number of rotatable bonds is 10. The van der Waals surface area contributed by atoms with E-state index in [0.29, 0.717) is 19.4 Å². The molecule has 0 unspecified atom stereocenters. The quantitative estimate of drug-likeness (QED) is 0.362. The molecule has 0 saturated carbocycles. The van der Waals surface area contributed by atoms with Crippen molar-refractivity contribution in [3.05, 3.63) is 29.8 Å². The number of phenols is 1. The van der Waals surface area contributed by atoms with Crippen LogP contribution in [0.15, 0.2) is 24.3 Å². The molecule has 0 radical (unpaired) electrons. The number of primary amides is 1. The van der Waals surface area contributed by atoms with E-state index in [-0.39, 0.29) is 18.1 Å². The molecule has 0 saturated heterocycles. The zero-order chi connectivity index (χ0) is 18.8. The fourth-order valence-electron chi connectivity index (χ4n) is 2.37. The summed E-state index contributed by atoms with van der Waals surface area (Å²) in [5.41, 5.74) is 11.5. The first-order valence-electron chi connectivity index (χ1n) is 8.18. The van der Waals surface area contributed by atoms with Crippen LogP contribution < -0.4 is 22.1 Å². The highest BCUT2D eigenvalue weighted by molar-refractivity contribution is 5.91. The first-order valence-corrected chi connectivity index (χ1v) is 8.18.